The van der Waals surface area contributed by atoms with E-state index in [1.807, 2.05) is 31.2 Å². The maximum Gasteiger partial charge on any atom is 0.336 e. The molecule has 0 aliphatic carbocycles. The summed E-state index contributed by atoms with van der Waals surface area (Å²) in [5.74, 6) is 0.965. The van der Waals surface area contributed by atoms with Crippen molar-refractivity contribution in [3.8, 4) is 5.75 Å². The summed E-state index contributed by atoms with van der Waals surface area (Å²) in [5, 5.41) is 0. The maximum atomic E-state index is 13.0. The highest BCUT2D eigenvalue weighted by Crippen LogP contribution is 2.22. The Bertz CT molecular complexity index is 753. The van der Waals surface area contributed by atoms with Gasteiger partial charge in [0.15, 0.2) is 0 Å². The Labute approximate surface area is 141 Å². The molecule has 2 aromatic rings. The number of nitrogens with zero attached hydrogens (tertiary/aromatic N) is 1. The third kappa shape index (κ3) is 3.85. The van der Waals surface area contributed by atoms with Gasteiger partial charge in [-0.3, -0.25) is 4.79 Å². The molecule has 0 saturated heterocycles. The number of carbonyl (C=O) groups is 1. The van der Waals surface area contributed by atoms with Crippen molar-refractivity contribution < 1.29 is 13.9 Å². The fourth-order valence-electron chi connectivity index (χ4n) is 2.80. The Kier molecular flexibility index (Phi) is 5.79. The second-order valence-corrected chi connectivity index (χ2v) is 5.72. The van der Waals surface area contributed by atoms with Crippen LogP contribution < -0.4 is 10.4 Å². The van der Waals surface area contributed by atoms with E-state index < -0.39 is 5.63 Å². The average Bonchev–Trinajstić information content (AvgIpc) is 2.53. The van der Waals surface area contributed by atoms with Crippen molar-refractivity contribution in [2.45, 2.75) is 33.7 Å². The van der Waals surface area contributed by atoms with Crippen LogP contribution in [-0.4, -0.2) is 24.5 Å². The topological polar surface area (TPSA) is 59.8 Å². The Morgan fingerprint density at radius 1 is 1.25 bits per heavy atom. The van der Waals surface area contributed by atoms with Gasteiger partial charge in [-0.25, -0.2) is 4.79 Å². The molecule has 5 nitrogen and oxygen atoms in total. The van der Waals surface area contributed by atoms with Gasteiger partial charge in [-0.2, -0.15) is 0 Å². The zero-order chi connectivity index (χ0) is 17.7. The first-order valence-corrected chi connectivity index (χ1v) is 8.00. The van der Waals surface area contributed by atoms with Crippen LogP contribution in [0.1, 0.15) is 40.6 Å². The first-order chi connectivity index (χ1) is 11.5. The lowest BCUT2D eigenvalue weighted by atomic mass is 10.1. The molecule has 0 bridgehead atoms. The molecule has 24 heavy (non-hydrogen) atoms. The van der Waals surface area contributed by atoms with Gasteiger partial charge in [0.2, 0.25) is 0 Å². The fourth-order valence-corrected chi connectivity index (χ4v) is 2.80. The van der Waals surface area contributed by atoms with Gasteiger partial charge < -0.3 is 14.1 Å². The number of hydrogen-bond donors (Lipinski definition) is 0. The van der Waals surface area contributed by atoms with E-state index >= 15 is 0 Å². The summed E-state index contributed by atoms with van der Waals surface area (Å²) in [5.41, 5.74) is 1.59. The number of carbonyl (C=O) groups excluding carboxylic acids is 1. The Hall–Kier alpha value is -2.56. The molecule has 0 N–H and O–H groups in total. The van der Waals surface area contributed by atoms with Gasteiger partial charge in [0, 0.05) is 24.7 Å². The second-order valence-electron chi connectivity index (χ2n) is 5.72. The molecule has 0 aliphatic heterocycles. The molecule has 1 aromatic carbocycles. The van der Waals surface area contributed by atoms with E-state index in [0.717, 1.165) is 17.7 Å². The lowest BCUT2D eigenvalue weighted by Gasteiger charge is -2.24. The predicted molar refractivity (Wildman–Crippen MR) is 92.5 cm³/mol. The predicted octanol–water partition coefficient (Wildman–Crippen LogP) is 3.32. The molecule has 1 aromatic heterocycles. The summed E-state index contributed by atoms with van der Waals surface area (Å²) in [6.07, 6.45) is 0.829. The monoisotopic (exact) mass is 329 g/mol. The van der Waals surface area contributed by atoms with Gasteiger partial charge in [-0.1, -0.05) is 25.1 Å². The summed E-state index contributed by atoms with van der Waals surface area (Å²) in [6, 6.07) is 8.99. The van der Waals surface area contributed by atoms with Crippen LogP contribution in [-0.2, 0) is 6.54 Å². The van der Waals surface area contributed by atoms with Crippen molar-refractivity contribution in [3.05, 3.63) is 63.2 Å². The van der Waals surface area contributed by atoms with Crippen molar-refractivity contribution in [1.82, 2.24) is 4.90 Å². The van der Waals surface area contributed by atoms with Gasteiger partial charge in [-0.15, -0.1) is 0 Å². The van der Waals surface area contributed by atoms with Crippen molar-refractivity contribution in [3.63, 3.8) is 0 Å². The molecule has 5 heteroatoms. The van der Waals surface area contributed by atoms with Crippen LogP contribution in [0.4, 0.5) is 0 Å². The fraction of sp³-hybridized carbons (Fsp3) is 0.368. The van der Waals surface area contributed by atoms with E-state index in [0.29, 0.717) is 30.0 Å². The molecule has 1 heterocycles. The van der Waals surface area contributed by atoms with Crippen LogP contribution in [0.15, 0.2) is 39.5 Å². The number of para-hydroxylation sites is 1. The Morgan fingerprint density at radius 3 is 2.58 bits per heavy atom. The third-order valence-corrected chi connectivity index (χ3v) is 3.88. The summed E-state index contributed by atoms with van der Waals surface area (Å²) in [6.45, 7) is 6.47. The standard InChI is InChI=1S/C19H23NO4/c1-5-10-20(12-15-8-6-7-9-16(15)23-4)19(22)18-13(2)11-17(21)24-14(18)3/h6-9,11H,5,10,12H2,1-4H3. The van der Waals surface area contributed by atoms with E-state index in [2.05, 4.69) is 0 Å². The largest absolute Gasteiger partial charge is 0.496 e. The molecule has 0 fully saturated rings. The molecule has 1 amide bonds. The van der Waals surface area contributed by atoms with Crippen molar-refractivity contribution >= 4 is 5.91 Å². The highest BCUT2D eigenvalue weighted by Gasteiger charge is 2.22. The smallest absolute Gasteiger partial charge is 0.336 e. The number of rotatable bonds is 6. The van der Waals surface area contributed by atoms with E-state index in [1.165, 1.54) is 6.07 Å². The average molecular weight is 329 g/mol. The number of aryl methyl sites for hydroxylation is 2. The molecule has 0 unspecified atom stereocenters. The van der Waals surface area contributed by atoms with Crippen LogP contribution in [0.2, 0.25) is 0 Å². The minimum Gasteiger partial charge on any atom is -0.496 e. The molecule has 0 saturated carbocycles. The number of amides is 1. The quantitative estimate of drug-likeness (QED) is 0.816. The van der Waals surface area contributed by atoms with Gasteiger partial charge >= 0.3 is 5.63 Å². The molecule has 0 aliphatic rings. The van der Waals surface area contributed by atoms with E-state index in [-0.39, 0.29) is 5.91 Å². The van der Waals surface area contributed by atoms with Crippen LogP contribution in [0.3, 0.4) is 0 Å². The van der Waals surface area contributed by atoms with Crippen LogP contribution in [0.5, 0.6) is 5.75 Å². The van der Waals surface area contributed by atoms with E-state index in [4.69, 9.17) is 9.15 Å². The van der Waals surface area contributed by atoms with Gasteiger partial charge in [0.05, 0.1) is 12.7 Å². The minimum absolute atomic E-state index is 0.137. The van der Waals surface area contributed by atoms with E-state index in [9.17, 15) is 9.59 Å². The SMILES string of the molecule is CCCN(Cc1ccccc1OC)C(=O)c1c(C)cc(=O)oc1C. The van der Waals surface area contributed by atoms with Gasteiger partial charge in [0.25, 0.3) is 5.91 Å². The molecular weight excluding hydrogens is 306 g/mol. The molecule has 0 atom stereocenters. The Balaban J connectivity index is 2.37. The zero-order valence-corrected chi connectivity index (χ0v) is 14.6. The first kappa shape index (κ1) is 17.8. The number of benzene rings is 1. The summed E-state index contributed by atoms with van der Waals surface area (Å²) >= 11 is 0. The molecular formula is C19H23NO4. The lowest BCUT2D eigenvalue weighted by Crippen LogP contribution is -2.33. The molecule has 2 rings (SSSR count). The number of methoxy groups -OCH3 is 1. The normalized spacial score (nSPS) is 10.5. The zero-order valence-electron chi connectivity index (χ0n) is 14.6. The number of ether oxygens (including phenoxy) is 1. The molecule has 0 spiro atoms. The van der Waals surface area contributed by atoms with Gasteiger partial charge in [0.1, 0.15) is 11.5 Å². The van der Waals surface area contributed by atoms with E-state index in [1.54, 1.807) is 25.9 Å². The lowest BCUT2D eigenvalue weighted by molar-refractivity contribution is 0.0737. The Morgan fingerprint density at radius 2 is 1.96 bits per heavy atom. The minimum atomic E-state index is -0.437. The van der Waals surface area contributed by atoms with Crippen LogP contribution >= 0.6 is 0 Å². The van der Waals surface area contributed by atoms with Gasteiger partial charge in [-0.05, 0) is 31.9 Å². The maximum absolute atomic E-state index is 13.0. The van der Waals surface area contributed by atoms with Crippen LogP contribution in [0.25, 0.3) is 0 Å². The highest BCUT2D eigenvalue weighted by atomic mass is 16.5. The number of hydrogen-bond acceptors (Lipinski definition) is 4. The summed E-state index contributed by atoms with van der Waals surface area (Å²) in [7, 11) is 1.62. The second kappa shape index (κ2) is 7.81. The summed E-state index contributed by atoms with van der Waals surface area (Å²) in [4.78, 5) is 26.2. The van der Waals surface area contributed by atoms with Crippen molar-refractivity contribution in [2.75, 3.05) is 13.7 Å². The third-order valence-electron chi connectivity index (χ3n) is 3.88. The summed E-state index contributed by atoms with van der Waals surface area (Å²) < 4.78 is 10.5. The first-order valence-electron chi connectivity index (χ1n) is 8.00. The van der Waals surface area contributed by atoms with Crippen LogP contribution in [0, 0.1) is 13.8 Å². The molecule has 0 radical (unpaired) electrons. The molecule has 128 valence electrons. The van der Waals surface area contributed by atoms with Crippen molar-refractivity contribution in [1.29, 1.82) is 0 Å². The highest BCUT2D eigenvalue weighted by molar-refractivity contribution is 5.96. The van der Waals surface area contributed by atoms with Crippen molar-refractivity contribution in [2.24, 2.45) is 0 Å².